The second-order valence-electron chi connectivity index (χ2n) is 7.58. The molecule has 0 spiro atoms. The Morgan fingerprint density at radius 1 is 0.875 bits per heavy atom. The Hall–Kier alpha value is -4.38. The van der Waals surface area contributed by atoms with Gasteiger partial charge in [-0.15, -0.1) is 0 Å². The lowest BCUT2D eigenvalue weighted by Gasteiger charge is -2.09. The van der Waals surface area contributed by atoms with Crippen LogP contribution in [-0.4, -0.2) is 21.8 Å². The van der Waals surface area contributed by atoms with E-state index in [9.17, 15) is 9.90 Å². The minimum Gasteiger partial charge on any atom is -0.507 e. The lowest BCUT2D eigenvalue weighted by atomic mass is 10.0. The Morgan fingerprint density at radius 2 is 1.59 bits per heavy atom. The van der Waals surface area contributed by atoms with Gasteiger partial charge in [0, 0.05) is 29.2 Å². The van der Waals surface area contributed by atoms with E-state index < -0.39 is 5.91 Å². The number of fused-ring (bicyclic) bond motifs is 2. The van der Waals surface area contributed by atoms with Crippen molar-refractivity contribution >= 4 is 33.8 Å². The van der Waals surface area contributed by atoms with E-state index in [1.54, 1.807) is 24.4 Å². The monoisotopic (exact) mass is 419 g/mol. The Morgan fingerprint density at radius 3 is 2.47 bits per heavy atom. The number of aromatic nitrogens is 1. The molecule has 5 nitrogen and oxygen atoms in total. The number of carbonyl (C=O) groups excluding carboxylic acids is 1. The van der Waals surface area contributed by atoms with Crippen LogP contribution in [0.3, 0.4) is 0 Å². The lowest BCUT2D eigenvalue weighted by molar-refractivity contribution is 0.0952. The number of hydrazone groups is 1. The van der Waals surface area contributed by atoms with Crippen LogP contribution in [0.15, 0.2) is 102 Å². The first kappa shape index (κ1) is 19.6. The molecule has 0 saturated heterocycles. The number of aromatic hydroxyl groups is 1. The molecule has 0 aliphatic carbocycles. The average Bonchev–Trinajstić information content (AvgIpc) is 3.17. The molecule has 0 fully saturated rings. The molecule has 156 valence electrons. The molecule has 5 aromatic rings. The van der Waals surface area contributed by atoms with Gasteiger partial charge in [-0.25, -0.2) is 5.43 Å². The summed E-state index contributed by atoms with van der Waals surface area (Å²) in [6, 6.07) is 29.3. The number of para-hydroxylation sites is 2. The molecule has 2 N–H and O–H groups in total. The first-order valence-corrected chi connectivity index (χ1v) is 10.4. The summed E-state index contributed by atoms with van der Waals surface area (Å²) in [6.07, 6.45) is 3.68. The van der Waals surface area contributed by atoms with Gasteiger partial charge < -0.3 is 9.67 Å². The van der Waals surface area contributed by atoms with Crippen molar-refractivity contribution < 1.29 is 9.90 Å². The van der Waals surface area contributed by atoms with Gasteiger partial charge in [-0.05, 0) is 34.5 Å². The number of carbonyl (C=O) groups is 1. The molecule has 32 heavy (non-hydrogen) atoms. The maximum Gasteiger partial charge on any atom is 0.275 e. The van der Waals surface area contributed by atoms with Crippen LogP contribution < -0.4 is 5.43 Å². The van der Waals surface area contributed by atoms with Crippen LogP contribution in [0.4, 0.5) is 0 Å². The predicted octanol–water partition coefficient (Wildman–Crippen LogP) is 5.31. The number of phenolic OH excluding ortho intramolecular Hbond substituents is 1. The van der Waals surface area contributed by atoms with E-state index in [1.165, 1.54) is 22.4 Å². The van der Waals surface area contributed by atoms with E-state index in [0.29, 0.717) is 0 Å². The normalized spacial score (nSPS) is 11.4. The fourth-order valence-electron chi connectivity index (χ4n) is 4.01. The molecule has 0 saturated carbocycles. The largest absolute Gasteiger partial charge is 0.507 e. The minimum absolute atomic E-state index is 0.0770. The molecular weight excluding hydrogens is 398 g/mol. The summed E-state index contributed by atoms with van der Waals surface area (Å²) in [5, 5.41) is 17.5. The first-order chi connectivity index (χ1) is 15.7. The number of nitrogens with one attached hydrogen (secondary N) is 1. The zero-order valence-corrected chi connectivity index (χ0v) is 17.3. The standard InChI is InChI=1S/C27H21N3O2/c31-26-15-6-4-13-24(26)27(32)29-28-16-21-18-30(25-14-5-3-12-23(21)25)17-20-10-7-9-19-8-1-2-11-22(19)20/h1-16,18,31H,17H2,(H,29,32)/b28-16+. The predicted molar refractivity (Wildman–Crippen MR) is 128 cm³/mol. The fraction of sp³-hybridized carbons (Fsp3) is 0.0370. The van der Waals surface area contributed by atoms with E-state index in [2.05, 4.69) is 63.6 Å². The third kappa shape index (κ3) is 3.72. The van der Waals surface area contributed by atoms with Crippen molar-refractivity contribution in [3.63, 3.8) is 0 Å². The summed E-state index contributed by atoms with van der Waals surface area (Å²) in [6.45, 7) is 0.722. The third-order valence-corrected chi connectivity index (χ3v) is 5.56. The van der Waals surface area contributed by atoms with Gasteiger partial charge in [0.1, 0.15) is 5.75 Å². The Bertz CT molecular complexity index is 1460. The molecule has 5 rings (SSSR count). The number of hydrogen-bond donors (Lipinski definition) is 2. The Labute approximate surface area is 185 Å². The van der Waals surface area contributed by atoms with Gasteiger partial charge in [0.05, 0.1) is 11.8 Å². The van der Waals surface area contributed by atoms with E-state index >= 15 is 0 Å². The van der Waals surface area contributed by atoms with E-state index in [4.69, 9.17) is 0 Å². The van der Waals surface area contributed by atoms with Gasteiger partial charge in [-0.3, -0.25) is 4.79 Å². The van der Waals surface area contributed by atoms with Gasteiger partial charge in [0.2, 0.25) is 0 Å². The van der Waals surface area contributed by atoms with Crippen molar-refractivity contribution in [3.8, 4) is 5.75 Å². The Balaban J connectivity index is 1.45. The van der Waals surface area contributed by atoms with Gasteiger partial charge in [-0.1, -0.05) is 72.8 Å². The zero-order chi connectivity index (χ0) is 21.9. The zero-order valence-electron chi connectivity index (χ0n) is 17.3. The van der Waals surface area contributed by atoms with Crippen molar-refractivity contribution in [2.24, 2.45) is 5.10 Å². The summed E-state index contributed by atoms with van der Waals surface area (Å²) >= 11 is 0. The molecule has 1 heterocycles. The summed E-state index contributed by atoms with van der Waals surface area (Å²) in [4.78, 5) is 12.3. The highest BCUT2D eigenvalue weighted by Gasteiger charge is 2.11. The topological polar surface area (TPSA) is 66.6 Å². The highest BCUT2D eigenvalue weighted by atomic mass is 16.3. The SMILES string of the molecule is O=C(N/N=C/c1cn(Cc2cccc3ccccc23)c2ccccc12)c1ccccc1O. The number of hydrogen-bond acceptors (Lipinski definition) is 3. The molecule has 0 radical (unpaired) electrons. The Kier molecular flexibility index (Phi) is 5.14. The first-order valence-electron chi connectivity index (χ1n) is 10.4. The highest BCUT2D eigenvalue weighted by Crippen LogP contribution is 2.24. The molecule has 1 amide bonds. The number of benzene rings is 4. The fourth-order valence-corrected chi connectivity index (χ4v) is 4.01. The molecular formula is C27H21N3O2. The summed E-state index contributed by atoms with van der Waals surface area (Å²) in [5.74, 6) is -0.536. The van der Waals surface area contributed by atoms with Crippen LogP contribution in [0.5, 0.6) is 5.75 Å². The van der Waals surface area contributed by atoms with Crippen molar-refractivity contribution in [2.45, 2.75) is 6.54 Å². The maximum absolute atomic E-state index is 12.3. The molecule has 0 atom stereocenters. The maximum atomic E-state index is 12.3. The number of amides is 1. The van der Waals surface area contributed by atoms with Gasteiger partial charge in [-0.2, -0.15) is 5.10 Å². The van der Waals surface area contributed by atoms with Gasteiger partial charge in [0.25, 0.3) is 5.91 Å². The van der Waals surface area contributed by atoms with E-state index in [-0.39, 0.29) is 11.3 Å². The van der Waals surface area contributed by atoms with Crippen molar-refractivity contribution in [3.05, 3.63) is 114 Å². The minimum atomic E-state index is -0.459. The molecule has 4 aromatic carbocycles. The van der Waals surface area contributed by atoms with Crippen LogP contribution in [0.1, 0.15) is 21.5 Å². The summed E-state index contributed by atoms with van der Waals surface area (Å²) in [5.41, 5.74) is 5.91. The van der Waals surface area contributed by atoms with Crippen molar-refractivity contribution in [1.82, 2.24) is 9.99 Å². The lowest BCUT2D eigenvalue weighted by Crippen LogP contribution is -2.17. The van der Waals surface area contributed by atoms with Crippen molar-refractivity contribution in [1.29, 1.82) is 0 Å². The van der Waals surface area contributed by atoms with Gasteiger partial charge >= 0.3 is 0 Å². The van der Waals surface area contributed by atoms with Crippen LogP contribution in [-0.2, 0) is 6.54 Å². The van der Waals surface area contributed by atoms with Crippen LogP contribution in [0, 0.1) is 0 Å². The average molecular weight is 419 g/mol. The highest BCUT2D eigenvalue weighted by molar-refractivity contribution is 6.01. The molecule has 1 aromatic heterocycles. The second kappa shape index (κ2) is 8.40. The number of nitrogens with zero attached hydrogens (tertiary/aromatic N) is 2. The summed E-state index contributed by atoms with van der Waals surface area (Å²) in [7, 11) is 0. The quantitative estimate of drug-likeness (QED) is 0.299. The molecule has 0 aliphatic rings. The number of rotatable bonds is 5. The second-order valence-corrected chi connectivity index (χ2v) is 7.58. The van der Waals surface area contributed by atoms with Gasteiger partial charge in [0.15, 0.2) is 0 Å². The molecule has 0 unspecified atom stereocenters. The van der Waals surface area contributed by atoms with Crippen LogP contribution >= 0.6 is 0 Å². The molecule has 0 aliphatic heterocycles. The number of phenols is 1. The van der Waals surface area contributed by atoms with E-state index in [1.807, 2.05) is 24.4 Å². The van der Waals surface area contributed by atoms with Crippen LogP contribution in [0.25, 0.3) is 21.7 Å². The van der Waals surface area contributed by atoms with Crippen molar-refractivity contribution in [2.75, 3.05) is 0 Å². The molecule has 0 bridgehead atoms. The molecule has 5 heteroatoms. The van der Waals surface area contributed by atoms with Crippen LogP contribution in [0.2, 0.25) is 0 Å². The summed E-state index contributed by atoms with van der Waals surface area (Å²) < 4.78 is 2.20. The smallest absolute Gasteiger partial charge is 0.275 e. The van der Waals surface area contributed by atoms with E-state index in [0.717, 1.165) is 23.0 Å². The third-order valence-electron chi connectivity index (χ3n) is 5.56.